The largest absolute Gasteiger partial charge is 0.459 e. The monoisotopic (exact) mass is 425 g/mol. The standard InChI is InChI=1S/C12H22F3N3O2.HI/c1-5-16-10(17-7-6-12(13,14)15)18-8-9(19)20-11(2,3)4;/h5-8H2,1-4H3,(H2,16,17,18);1H. The van der Waals surface area contributed by atoms with Gasteiger partial charge in [-0.25, -0.2) is 4.99 Å². The molecular weight excluding hydrogens is 402 g/mol. The van der Waals surface area contributed by atoms with Crippen molar-refractivity contribution in [3.63, 3.8) is 0 Å². The maximum Gasteiger partial charge on any atom is 0.390 e. The third kappa shape index (κ3) is 15.5. The van der Waals surface area contributed by atoms with Crippen LogP contribution in [0, 0.1) is 0 Å². The van der Waals surface area contributed by atoms with Gasteiger partial charge in [-0.15, -0.1) is 24.0 Å². The number of aliphatic imine (C=N–C) groups is 1. The summed E-state index contributed by atoms with van der Waals surface area (Å²) in [6.07, 6.45) is -5.20. The van der Waals surface area contributed by atoms with Crippen LogP contribution < -0.4 is 10.6 Å². The Morgan fingerprint density at radius 2 is 1.76 bits per heavy atom. The second kappa shape index (κ2) is 10.1. The minimum Gasteiger partial charge on any atom is -0.459 e. The van der Waals surface area contributed by atoms with Crippen molar-refractivity contribution in [2.24, 2.45) is 4.99 Å². The van der Waals surface area contributed by atoms with Crippen molar-refractivity contribution in [2.45, 2.75) is 45.9 Å². The van der Waals surface area contributed by atoms with E-state index in [0.717, 1.165) is 0 Å². The number of alkyl halides is 3. The number of hydrogen-bond acceptors (Lipinski definition) is 3. The van der Waals surface area contributed by atoms with Crippen molar-refractivity contribution in [1.82, 2.24) is 10.6 Å². The van der Waals surface area contributed by atoms with Crippen LogP contribution in [0.3, 0.4) is 0 Å². The summed E-state index contributed by atoms with van der Waals surface area (Å²) < 4.78 is 41.1. The van der Waals surface area contributed by atoms with Crippen LogP contribution in [-0.2, 0) is 9.53 Å². The van der Waals surface area contributed by atoms with Gasteiger partial charge in [0.05, 0.1) is 6.42 Å². The molecule has 0 unspecified atom stereocenters. The fourth-order valence-corrected chi connectivity index (χ4v) is 1.18. The molecular formula is C12H23F3IN3O2. The van der Waals surface area contributed by atoms with Gasteiger partial charge in [0.1, 0.15) is 12.1 Å². The molecule has 0 aromatic heterocycles. The van der Waals surface area contributed by atoms with E-state index in [4.69, 9.17) is 4.74 Å². The number of halogens is 4. The summed E-state index contributed by atoms with van der Waals surface area (Å²) >= 11 is 0. The van der Waals surface area contributed by atoms with E-state index in [1.165, 1.54) is 0 Å². The van der Waals surface area contributed by atoms with Crippen molar-refractivity contribution in [3.8, 4) is 0 Å². The zero-order valence-electron chi connectivity index (χ0n) is 12.6. The van der Waals surface area contributed by atoms with E-state index in [1.54, 1.807) is 27.7 Å². The second-order valence-corrected chi connectivity index (χ2v) is 5.07. The predicted octanol–water partition coefficient (Wildman–Crippen LogP) is 2.45. The summed E-state index contributed by atoms with van der Waals surface area (Å²) in [4.78, 5) is 15.3. The van der Waals surface area contributed by atoms with Crippen LogP contribution in [0.5, 0.6) is 0 Å². The first-order chi connectivity index (χ1) is 9.03. The molecule has 9 heteroatoms. The summed E-state index contributed by atoms with van der Waals surface area (Å²) in [6.45, 7) is 6.87. The topological polar surface area (TPSA) is 62.7 Å². The molecule has 0 aromatic carbocycles. The molecule has 0 aliphatic carbocycles. The normalized spacial score (nSPS) is 12.4. The molecule has 0 heterocycles. The Hall–Kier alpha value is -0.740. The van der Waals surface area contributed by atoms with Crippen molar-refractivity contribution >= 4 is 35.9 Å². The first-order valence-corrected chi connectivity index (χ1v) is 6.34. The van der Waals surface area contributed by atoms with Gasteiger partial charge < -0.3 is 15.4 Å². The van der Waals surface area contributed by atoms with E-state index in [0.29, 0.717) is 6.54 Å². The van der Waals surface area contributed by atoms with Gasteiger partial charge in [0.2, 0.25) is 0 Å². The highest BCUT2D eigenvalue weighted by atomic mass is 127. The summed E-state index contributed by atoms with van der Waals surface area (Å²) in [6, 6.07) is 0. The fraction of sp³-hybridized carbons (Fsp3) is 0.833. The highest BCUT2D eigenvalue weighted by Gasteiger charge is 2.26. The molecule has 0 aliphatic heterocycles. The van der Waals surface area contributed by atoms with Gasteiger partial charge in [-0.1, -0.05) is 0 Å². The molecule has 0 amide bonds. The lowest BCUT2D eigenvalue weighted by molar-refractivity contribution is -0.152. The molecule has 0 aromatic rings. The predicted molar refractivity (Wildman–Crippen MR) is 85.9 cm³/mol. The molecule has 0 rings (SSSR count). The van der Waals surface area contributed by atoms with Gasteiger partial charge >= 0.3 is 12.1 Å². The number of nitrogens with one attached hydrogen (secondary N) is 2. The summed E-state index contributed by atoms with van der Waals surface area (Å²) in [5.41, 5.74) is -0.616. The van der Waals surface area contributed by atoms with Crippen LogP contribution >= 0.6 is 24.0 Å². The van der Waals surface area contributed by atoms with Crippen LogP contribution in [0.1, 0.15) is 34.1 Å². The van der Waals surface area contributed by atoms with Gasteiger partial charge in [0, 0.05) is 13.1 Å². The molecule has 0 radical (unpaired) electrons. The Morgan fingerprint density at radius 3 is 2.19 bits per heavy atom. The first-order valence-electron chi connectivity index (χ1n) is 6.34. The zero-order valence-corrected chi connectivity index (χ0v) is 15.0. The second-order valence-electron chi connectivity index (χ2n) is 5.07. The van der Waals surface area contributed by atoms with Crippen LogP contribution in [0.2, 0.25) is 0 Å². The Labute approximate surface area is 140 Å². The van der Waals surface area contributed by atoms with Crippen LogP contribution in [0.15, 0.2) is 4.99 Å². The van der Waals surface area contributed by atoms with Crippen LogP contribution in [0.4, 0.5) is 13.2 Å². The molecule has 5 nitrogen and oxygen atoms in total. The molecule has 0 atom stereocenters. The van der Waals surface area contributed by atoms with E-state index >= 15 is 0 Å². The van der Waals surface area contributed by atoms with E-state index in [9.17, 15) is 18.0 Å². The third-order valence-corrected chi connectivity index (χ3v) is 1.83. The van der Waals surface area contributed by atoms with Crippen molar-refractivity contribution in [2.75, 3.05) is 19.6 Å². The van der Waals surface area contributed by atoms with E-state index in [2.05, 4.69) is 15.6 Å². The quantitative estimate of drug-likeness (QED) is 0.308. The number of ether oxygens (including phenoxy) is 1. The van der Waals surface area contributed by atoms with E-state index < -0.39 is 24.2 Å². The number of carbonyl (C=O) groups excluding carboxylic acids is 1. The van der Waals surface area contributed by atoms with Crippen LogP contribution in [0.25, 0.3) is 0 Å². The maximum absolute atomic E-state index is 12.0. The molecule has 21 heavy (non-hydrogen) atoms. The van der Waals surface area contributed by atoms with Gasteiger partial charge in [-0.2, -0.15) is 13.2 Å². The van der Waals surface area contributed by atoms with Gasteiger partial charge in [-0.3, -0.25) is 4.79 Å². The van der Waals surface area contributed by atoms with Crippen molar-refractivity contribution < 1.29 is 22.7 Å². The Kier molecular flexibility index (Phi) is 10.8. The number of hydrogen-bond donors (Lipinski definition) is 2. The Morgan fingerprint density at radius 1 is 1.19 bits per heavy atom. The fourth-order valence-electron chi connectivity index (χ4n) is 1.18. The third-order valence-electron chi connectivity index (χ3n) is 1.83. The number of esters is 1. The van der Waals surface area contributed by atoms with Crippen molar-refractivity contribution in [1.29, 1.82) is 0 Å². The lowest BCUT2D eigenvalue weighted by Gasteiger charge is -2.19. The van der Waals surface area contributed by atoms with Gasteiger partial charge in [0.25, 0.3) is 0 Å². The average molecular weight is 425 g/mol. The first kappa shape index (κ1) is 22.5. The summed E-state index contributed by atoms with van der Waals surface area (Å²) in [5, 5.41) is 5.26. The summed E-state index contributed by atoms with van der Waals surface area (Å²) in [7, 11) is 0. The molecule has 0 saturated heterocycles. The number of guanidine groups is 1. The maximum atomic E-state index is 12.0. The van der Waals surface area contributed by atoms with E-state index in [-0.39, 0.29) is 43.0 Å². The molecule has 0 fully saturated rings. The lowest BCUT2D eigenvalue weighted by Crippen LogP contribution is -2.39. The molecule has 126 valence electrons. The minimum atomic E-state index is -4.23. The highest BCUT2D eigenvalue weighted by Crippen LogP contribution is 2.18. The van der Waals surface area contributed by atoms with Crippen molar-refractivity contribution in [3.05, 3.63) is 0 Å². The molecule has 0 saturated carbocycles. The average Bonchev–Trinajstić information content (AvgIpc) is 2.21. The highest BCUT2D eigenvalue weighted by molar-refractivity contribution is 14.0. The smallest absolute Gasteiger partial charge is 0.390 e. The van der Waals surface area contributed by atoms with Gasteiger partial charge in [0.15, 0.2) is 5.96 Å². The Balaban J connectivity index is 0. The van der Waals surface area contributed by atoms with Gasteiger partial charge in [-0.05, 0) is 27.7 Å². The minimum absolute atomic E-state index is 0. The molecule has 0 spiro atoms. The Bertz CT molecular complexity index is 342. The molecule has 0 aliphatic rings. The number of carbonyl (C=O) groups is 1. The van der Waals surface area contributed by atoms with E-state index in [1.807, 2.05) is 0 Å². The molecule has 2 N–H and O–H groups in total. The van der Waals surface area contributed by atoms with Crippen LogP contribution in [-0.4, -0.2) is 43.3 Å². The molecule has 0 bridgehead atoms. The number of nitrogens with zero attached hydrogens (tertiary/aromatic N) is 1. The SMILES string of the molecule is CCNC(=NCC(=O)OC(C)(C)C)NCCC(F)(F)F.I. The summed E-state index contributed by atoms with van der Waals surface area (Å²) in [5.74, 6) is -0.381. The zero-order chi connectivity index (χ0) is 15.8. The lowest BCUT2D eigenvalue weighted by atomic mass is 10.2. The number of rotatable bonds is 5.